The zero-order valence-electron chi connectivity index (χ0n) is 11.8. The number of rotatable bonds is 9. The fourth-order valence-electron chi connectivity index (χ4n) is 2.51. The molecule has 0 bridgehead atoms. The van der Waals surface area contributed by atoms with Gasteiger partial charge >= 0.3 is 0 Å². The maximum atomic E-state index is 3.68. The van der Waals surface area contributed by atoms with E-state index in [0.717, 1.165) is 12.0 Å². The maximum absolute atomic E-state index is 3.68. The van der Waals surface area contributed by atoms with Crippen LogP contribution in [0, 0.1) is 11.3 Å². The van der Waals surface area contributed by atoms with E-state index in [1.165, 1.54) is 51.5 Å². The lowest BCUT2D eigenvalue weighted by atomic mass is 9.79. The van der Waals surface area contributed by atoms with Gasteiger partial charge in [0.1, 0.15) is 0 Å². The Morgan fingerprint density at radius 2 is 1.94 bits per heavy atom. The lowest BCUT2D eigenvalue weighted by Crippen LogP contribution is -2.32. The summed E-state index contributed by atoms with van der Waals surface area (Å²) in [5, 5.41) is 3.68. The molecule has 16 heavy (non-hydrogen) atoms. The largest absolute Gasteiger partial charge is 0.313 e. The van der Waals surface area contributed by atoms with E-state index in [4.69, 9.17) is 0 Å². The highest BCUT2D eigenvalue weighted by atomic mass is 15.0. The van der Waals surface area contributed by atoms with Crippen molar-refractivity contribution in [3.63, 3.8) is 0 Å². The summed E-state index contributed by atoms with van der Waals surface area (Å²) in [6.07, 6.45) is 9.74. The smallest absolute Gasteiger partial charge is 0.00684 e. The molecule has 0 aromatic carbocycles. The highest BCUT2D eigenvalue weighted by Gasteiger charge is 2.26. The van der Waals surface area contributed by atoms with E-state index in [0.29, 0.717) is 5.41 Å². The molecule has 1 nitrogen and oxygen atoms in total. The number of nitrogens with one attached hydrogen (secondary N) is 1. The normalized spacial score (nSPS) is 18.8. The Hall–Kier alpha value is -0.0400. The van der Waals surface area contributed by atoms with E-state index < -0.39 is 0 Å². The average molecular weight is 225 g/mol. The van der Waals surface area contributed by atoms with Gasteiger partial charge in [-0.05, 0) is 30.6 Å². The van der Waals surface area contributed by atoms with Crippen LogP contribution < -0.4 is 5.32 Å². The van der Waals surface area contributed by atoms with Crippen LogP contribution in [0.15, 0.2) is 0 Å². The molecular weight excluding hydrogens is 194 g/mol. The van der Waals surface area contributed by atoms with E-state index in [9.17, 15) is 0 Å². The van der Waals surface area contributed by atoms with Crippen molar-refractivity contribution in [3.05, 3.63) is 0 Å². The first-order valence-electron chi connectivity index (χ1n) is 7.30. The molecule has 0 saturated heterocycles. The van der Waals surface area contributed by atoms with Crippen LogP contribution in [0.4, 0.5) is 0 Å². The molecule has 1 aliphatic carbocycles. The summed E-state index contributed by atoms with van der Waals surface area (Å²) in [7, 11) is 0. The first-order valence-corrected chi connectivity index (χ1v) is 7.30. The molecule has 0 aromatic heterocycles. The minimum absolute atomic E-state index is 0.483. The quantitative estimate of drug-likeness (QED) is 0.614. The summed E-state index contributed by atoms with van der Waals surface area (Å²) in [5.74, 6) is 0.941. The number of hydrogen-bond donors (Lipinski definition) is 1. The second kappa shape index (κ2) is 6.64. The SMILES string of the molecule is CCCCC(CC)CC(C)(C)CNC1CC1. The predicted octanol–water partition coefficient (Wildman–Crippen LogP) is 4.37. The number of unbranched alkanes of at least 4 members (excludes halogenated alkanes) is 1. The standard InChI is InChI=1S/C15H31N/c1-5-7-8-13(6-2)11-15(3,4)12-16-14-9-10-14/h13-14,16H,5-12H2,1-4H3. The van der Waals surface area contributed by atoms with Crippen molar-refractivity contribution in [2.75, 3.05) is 6.54 Å². The van der Waals surface area contributed by atoms with E-state index >= 15 is 0 Å². The lowest BCUT2D eigenvalue weighted by molar-refractivity contribution is 0.238. The molecule has 1 saturated carbocycles. The van der Waals surface area contributed by atoms with Crippen LogP contribution >= 0.6 is 0 Å². The molecule has 1 rings (SSSR count). The van der Waals surface area contributed by atoms with Crippen LogP contribution in [0.2, 0.25) is 0 Å². The van der Waals surface area contributed by atoms with E-state index in [1.807, 2.05) is 0 Å². The minimum atomic E-state index is 0.483. The first kappa shape index (κ1) is 14.0. The number of hydrogen-bond acceptors (Lipinski definition) is 1. The van der Waals surface area contributed by atoms with Gasteiger partial charge in [0.05, 0.1) is 0 Å². The Kier molecular flexibility index (Phi) is 5.82. The Morgan fingerprint density at radius 1 is 1.25 bits per heavy atom. The van der Waals surface area contributed by atoms with Crippen LogP contribution in [-0.4, -0.2) is 12.6 Å². The van der Waals surface area contributed by atoms with Crippen molar-refractivity contribution in [1.29, 1.82) is 0 Å². The topological polar surface area (TPSA) is 12.0 Å². The predicted molar refractivity (Wildman–Crippen MR) is 72.7 cm³/mol. The van der Waals surface area contributed by atoms with Crippen molar-refractivity contribution in [2.24, 2.45) is 11.3 Å². The van der Waals surface area contributed by atoms with Crippen molar-refractivity contribution < 1.29 is 0 Å². The second-order valence-electron chi connectivity index (χ2n) is 6.44. The molecule has 0 radical (unpaired) electrons. The van der Waals surface area contributed by atoms with Gasteiger partial charge in [-0.15, -0.1) is 0 Å². The van der Waals surface area contributed by atoms with Gasteiger partial charge in [-0.25, -0.2) is 0 Å². The highest BCUT2D eigenvalue weighted by Crippen LogP contribution is 2.30. The van der Waals surface area contributed by atoms with E-state index in [2.05, 4.69) is 33.0 Å². The second-order valence-corrected chi connectivity index (χ2v) is 6.44. The summed E-state index contributed by atoms with van der Waals surface area (Å²) >= 11 is 0. The van der Waals surface area contributed by atoms with Gasteiger partial charge in [0, 0.05) is 12.6 Å². The highest BCUT2D eigenvalue weighted by molar-refractivity contribution is 4.84. The zero-order valence-corrected chi connectivity index (χ0v) is 11.8. The van der Waals surface area contributed by atoms with Gasteiger partial charge < -0.3 is 5.32 Å². The molecule has 0 amide bonds. The molecule has 1 heteroatoms. The Morgan fingerprint density at radius 3 is 2.44 bits per heavy atom. The molecule has 0 aromatic rings. The van der Waals surface area contributed by atoms with Gasteiger partial charge in [-0.3, -0.25) is 0 Å². The van der Waals surface area contributed by atoms with Crippen molar-refractivity contribution in [3.8, 4) is 0 Å². The first-order chi connectivity index (χ1) is 7.57. The Bertz CT molecular complexity index is 182. The summed E-state index contributed by atoms with van der Waals surface area (Å²) in [5.41, 5.74) is 0.483. The zero-order chi connectivity index (χ0) is 12.0. The summed E-state index contributed by atoms with van der Waals surface area (Å²) in [6.45, 7) is 10.7. The molecule has 1 atom stereocenters. The van der Waals surface area contributed by atoms with Gasteiger partial charge in [0.15, 0.2) is 0 Å². The third-order valence-corrected chi connectivity index (χ3v) is 3.83. The molecule has 1 N–H and O–H groups in total. The van der Waals surface area contributed by atoms with Crippen LogP contribution in [0.5, 0.6) is 0 Å². The van der Waals surface area contributed by atoms with E-state index in [-0.39, 0.29) is 0 Å². The van der Waals surface area contributed by atoms with Gasteiger partial charge in [0.25, 0.3) is 0 Å². The molecule has 0 spiro atoms. The molecule has 1 aliphatic rings. The minimum Gasteiger partial charge on any atom is -0.313 e. The van der Waals surface area contributed by atoms with Crippen LogP contribution in [0.25, 0.3) is 0 Å². The van der Waals surface area contributed by atoms with Crippen LogP contribution in [-0.2, 0) is 0 Å². The third-order valence-electron chi connectivity index (χ3n) is 3.83. The fourth-order valence-corrected chi connectivity index (χ4v) is 2.51. The molecule has 1 unspecified atom stereocenters. The molecule has 1 fully saturated rings. The van der Waals surface area contributed by atoms with Crippen LogP contribution in [0.1, 0.15) is 72.6 Å². The Balaban J connectivity index is 2.22. The Labute approximate surface area is 102 Å². The molecule has 0 heterocycles. The fraction of sp³-hybridized carbons (Fsp3) is 1.00. The maximum Gasteiger partial charge on any atom is 0.00684 e. The van der Waals surface area contributed by atoms with Crippen molar-refractivity contribution in [1.82, 2.24) is 5.32 Å². The average Bonchev–Trinajstić information content (AvgIpc) is 3.05. The van der Waals surface area contributed by atoms with Gasteiger partial charge in [-0.2, -0.15) is 0 Å². The lowest BCUT2D eigenvalue weighted by Gasteiger charge is -2.30. The molecule has 0 aliphatic heterocycles. The summed E-state index contributed by atoms with van der Waals surface area (Å²) in [6, 6.07) is 0.856. The van der Waals surface area contributed by atoms with Gasteiger partial charge in [0.2, 0.25) is 0 Å². The summed E-state index contributed by atoms with van der Waals surface area (Å²) < 4.78 is 0. The molecule has 96 valence electrons. The third kappa shape index (κ3) is 5.89. The monoisotopic (exact) mass is 225 g/mol. The van der Waals surface area contributed by atoms with Crippen molar-refractivity contribution in [2.45, 2.75) is 78.7 Å². The van der Waals surface area contributed by atoms with E-state index in [1.54, 1.807) is 0 Å². The van der Waals surface area contributed by atoms with Crippen LogP contribution in [0.3, 0.4) is 0 Å². The van der Waals surface area contributed by atoms with Gasteiger partial charge in [-0.1, -0.05) is 53.4 Å². The summed E-state index contributed by atoms with van der Waals surface area (Å²) in [4.78, 5) is 0. The van der Waals surface area contributed by atoms with Crippen molar-refractivity contribution >= 4 is 0 Å². The molecular formula is C15H31N.